The highest BCUT2D eigenvalue weighted by molar-refractivity contribution is 7.99. The van der Waals surface area contributed by atoms with E-state index in [1.54, 1.807) is 24.9 Å². The molecule has 0 aliphatic carbocycles. The average molecular weight is 271 g/mol. The first kappa shape index (κ1) is 15.5. The lowest BCUT2D eigenvalue weighted by molar-refractivity contribution is 0.200. The fraction of sp³-hybridized carbons (Fsp3) is 0.571. The van der Waals surface area contributed by atoms with Gasteiger partial charge in [-0.15, -0.1) is 11.8 Å². The van der Waals surface area contributed by atoms with Gasteiger partial charge >= 0.3 is 0 Å². The van der Waals surface area contributed by atoms with Gasteiger partial charge in [0.15, 0.2) is 0 Å². The third-order valence-electron chi connectivity index (χ3n) is 2.72. The smallest absolute Gasteiger partial charge is 0.137 e. The van der Waals surface area contributed by atoms with Gasteiger partial charge in [0.25, 0.3) is 0 Å². The van der Waals surface area contributed by atoms with Gasteiger partial charge in [-0.05, 0) is 37.6 Å². The van der Waals surface area contributed by atoms with Gasteiger partial charge in [0.05, 0.1) is 0 Å². The predicted octanol–water partition coefficient (Wildman–Crippen LogP) is 3.62. The van der Waals surface area contributed by atoms with Gasteiger partial charge in [-0.1, -0.05) is 13.0 Å². The Kier molecular flexibility index (Phi) is 7.32. The normalized spacial score (nSPS) is 12.7. The Hall–Kier alpha value is -0.580. The van der Waals surface area contributed by atoms with Crippen LogP contribution in [-0.2, 0) is 4.74 Å². The minimum atomic E-state index is -0.125. The van der Waals surface area contributed by atoms with Crippen molar-refractivity contribution >= 4 is 11.8 Å². The minimum absolute atomic E-state index is 0.125. The Labute approximate surface area is 113 Å². The molecule has 0 bridgehead atoms. The Morgan fingerprint density at radius 2 is 2.22 bits per heavy atom. The summed E-state index contributed by atoms with van der Waals surface area (Å²) >= 11 is 1.55. The summed E-state index contributed by atoms with van der Waals surface area (Å²) in [6.07, 6.45) is 0.941. The summed E-state index contributed by atoms with van der Waals surface area (Å²) in [6, 6.07) is 5.69. The standard InChI is InChI=1S/C14H22FNOS/c1-4-16-11(2)12-6-7-14(13(15)10-12)18-9-5-8-17-3/h6-7,10-11,16H,4-5,8-9H2,1-3H3. The van der Waals surface area contributed by atoms with E-state index in [1.807, 2.05) is 26.0 Å². The zero-order valence-electron chi connectivity index (χ0n) is 11.3. The summed E-state index contributed by atoms with van der Waals surface area (Å²) in [5.74, 6) is 0.757. The number of rotatable bonds is 8. The summed E-state index contributed by atoms with van der Waals surface area (Å²) in [5.41, 5.74) is 0.996. The van der Waals surface area contributed by atoms with Crippen molar-refractivity contribution in [3.05, 3.63) is 29.6 Å². The van der Waals surface area contributed by atoms with Gasteiger partial charge in [-0.25, -0.2) is 4.39 Å². The van der Waals surface area contributed by atoms with E-state index in [2.05, 4.69) is 5.32 Å². The van der Waals surface area contributed by atoms with Crippen LogP contribution in [0.25, 0.3) is 0 Å². The van der Waals surface area contributed by atoms with Crippen molar-refractivity contribution in [2.45, 2.75) is 31.2 Å². The van der Waals surface area contributed by atoms with Gasteiger partial charge in [-0.2, -0.15) is 0 Å². The second-order valence-electron chi connectivity index (χ2n) is 4.16. The molecule has 0 spiro atoms. The third-order valence-corrected chi connectivity index (χ3v) is 3.85. The third kappa shape index (κ3) is 4.96. The van der Waals surface area contributed by atoms with Crippen molar-refractivity contribution in [2.75, 3.05) is 26.0 Å². The maximum Gasteiger partial charge on any atom is 0.137 e. The van der Waals surface area contributed by atoms with E-state index in [9.17, 15) is 4.39 Å². The van der Waals surface area contributed by atoms with Crippen LogP contribution in [0.15, 0.2) is 23.1 Å². The summed E-state index contributed by atoms with van der Waals surface area (Å²) in [6.45, 7) is 5.71. The molecular formula is C14H22FNOS. The van der Waals surface area contributed by atoms with E-state index in [-0.39, 0.29) is 11.9 Å². The molecule has 0 aromatic heterocycles. The van der Waals surface area contributed by atoms with Crippen LogP contribution in [0, 0.1) is 5.82 Å². The van der Waals surface area contributed by atoms with Crippen LogP contribution in [0.2, 0.25) is 0 Å². The Balaban J connectivity index is 2.56. The molecule has 0 amide bonds. The summed E-state index contributed by atoms with van der Waals surface area (Å²) < 4.78 is 18.9. The lowest BCUT2D eigenvalue weighted by Crippen LogP contribution is -2.17. The van der Waals surface area contributed by atoms with E-state index >= 15 is 0 Å². The van der Waals surface area contributed by atoms with E-state index in [0.29, 0.717) is 0 Å². The first-order chi connectivity index (χ1) is 8.69. The van der Waals surface area contributed by atoms with Gasteiger partial charge in [0.2, 0.25) is 0 Å². The Morgan fingerprint density at radius 1 is 1.44 bits per heavy atom. The number of ether oxygens (including phenoxy) is 1. The van der Waals surface area contributed by atoms with E-state index in [0.717, 1.165) is 35.8 Å². The highest BCUT2D eigenvalue weighted by atomic mass is 32.2. The van der Waals surface area contributed by atoms with Crippen LogP contribution in [0.4, 0.5) is 4.39 Å². The van der Waals surface area contributed by atoms with Crippen molar-refractivity contribution in [1.29, 1.82) is 0 Å². The maximum atomic E-state index is 13.9. The first-order valence-corrected chi connectivity index (χ1v) is 7.32. The van der Waals surface area contributed by atoms with E-state index in [1.165, 1.54) is 0 Å². The molecular weight excluding hydrogens is 249 g/mol. The summed E-state index contributed by atoms with van der Waals surface area (Å²) in [4.78, 5) is 0.721. The number of halogens is 1. The molecule has 1 aromatic rings. The van der Waals surface area contributed by atoms with Crippen LogP contribution >= 0.6 is 11.8 Å². The molecule has 1 N–H and O–H groups in total. The number of hydrogen-bond acceptors (Lipinski definition) is 3. The van der Waals surface area contributed by atoms with Crippen molar-refractivity contribution in [3.63, 3.8) is 0 Å². The lowest BCUT2D eigenvalue weighted by Gasteiger charge is -2.13. The molecule has 0 saturated carbocycles. The summed E-state index contributed by atoms with van der Waals surface area (Å²) in [7, 11) is 1.68. The maximum absolute atomic E-state index is 13.9. The number of methoxy groups -OCH3 is 1. The monoisotopic (exact) mass is 271 g/mol. The largest absolute Gasteiger partial charge is 0.385 e. The van der Waals surface area contributed by atoms with Crippen LogP contribution < -0.4 is 5.32 Å². The van der Waals surface area contributed by atoms with Crippen LogP contribution in [0.1, 0.15) is 31.9 Å². The summed E-state index contributed by atoms with van der Waals surface area (Å²) in [5, 5.41) is 3.28. The highest BCUT2D eigenvalue weighted by Gasteiger charge is 2.08. The SMILES string of the molecule is CCNC(C)c1ccc(SCCCOC)c(F)c1. The zero-order valence-corrected chi connectivity index (χ0v) is 12.1. The molecule has 4 heteroatoms. The molecule has 0 heterocycles. The van der Waals surface area contributed by atoms with E-state index < -0.39 is 0 Å². The molecule has 0 aliphatic heterocycles. The minimum Gasteiger partial charge on any atom is -0.385 e. The molecule has 1 rings (SSSR count). The first-order valence-electron chi connectivity index (χ1n) is 6.33. The number of nitrogens with one attached hydrogen (secondary N) is 1. The molecule has 0 radical (unpaired) electrons. The van der Waals surface area contributed by atoms with Crippen molar-refractivity contribution < 1.29 is 9.13 Å². The van der Waals surface area contributed by atoms with Gasteiger partial charge in [-0.3, -0.25) is 0 Å². The topological polar surface area (TPSA) is 21.3 Å². The molecule has 2 nitrogen and oxygen atoms in total. The molecule has 0 saturated heterocycles. The van der Waals surface area contributed by atoms with Crippen molar-refractivity contribution in [2.24, 2.45) is 0 Å². The number of hydrogen-bond donors (Lipinski definition) is 1. The van der Waals surface area contributed by atoms with Gasteiger partial charge in [0, 0.05) is 30.4 Å². The molecule has 0 fully saturated rings. The van der Waals surface area contributed by atoms with Crippen LogP contribution in [-0.4, -0.2) is 26.0 Å². The highest BCUT2D eigenvalue weighted by Crippen LogP contribution is 2.25. The predicted molar refractivity (Wildman–Crippen MR) is 75.7 cm³/mol. The second kappa shape index (κ2) is 8.51. The zero-order chi connectivity index (χ0) is 13.4. The van der Waals surface area contributed by atoms with Gasteiger partial charge < -0.3 is 10.1 Å². The lowest BCUT2D eigenvalue weighted by atomic mass is 10.1. The fourth-order valence-corrected chi connectivity index (χ4v) is 2.56. The van der Waals surface area contributed by atoms with Gasteiger partial charge in [0.1, 0.15) is 5.82 Å². The Morgan fingerprint density at radius 3 is 2.83 bits per heavy atom. The number of thioether (sulfide) groups is 1. The van der Waals surface area contributed by atoms with Crippen LogP contribution in [0.3, 0.4) is 0 Å². The molecule has 1 atom stereocenters. The molecule has 102 valence electrons. The molecule has 1 unspecified atom stereocenters. The van der Waals surface area contributed by atoms with Crippen molar-refractivity contribution in [3.8, 4) is 0 Å². The fourth-order valence-electron chi connectivity index (χ4n) is 1.71. The quantitative estimate of drug-likeness (QED) is 0.576. The average Bonchev–Trinajstić information content (AvgIpc) is 2.36. The van der Waals surface area contributed by atoms with Crippen molar-refractivity contribution in [1.82, 2.24) is 5.32 Å². The molecule has 0 aliphatic rings. The second-order valence-corrected chi connectivity index (χ2v) is 5.30. The Bertz CT molecular complexity index is 360. The van der Waals surface area contributed by atoms with E-state index in [4.69, 9.17) is 4.74 Å². The molecule has 18 heavy (non-hydrogen) atoms. The van der Waals surface area contributed by atoms with Crippen LogP contribution in [0.5, 0.6) is 0 Å². The molecule has 1 aromatic carbocycles. The number of benzene rings is 1.